The Labute approximate surface area is 144 Å². The van der Waals surface area contributed by atoms with Crippen molar-refractivity contribution < 1.29 is 14.7 Å². The van der Waals surface area contributed by atoms with E-state index in [1.807, 2.05) is 6.07 Å². The molecule has 1 aliphatic rings. The van der Waals surface area contributed by atoms with Crippen molar-refractivity contribution in [1.82, 2.24) is 9.80 Å². The molecule has 0 unspecified atom stereocenters. The van der Waals surface area contributed by atoms with Crippen LogP contribution in [0.3, 0.4) is 0 Å². The zero-order valence-electron chi connectivity index (χ0n) is 14.8. The van der Waals surface area contributed by atoms with Gasteiger partial charge in [0.15, 0.2) is 0 Å². The fourth-order valence-electron chi connectivity index (χ4n) is 2.78. The van der Waals surface area contributed by atoms with Crippen molar-refractivity contribution in [3.8, 4) is 6.07 Å². The van der Waals surface area contributed by atoms with Crippen LogP contribution in [0.1, 0.15) is 52.4 Å². The number of nitriles is 1. The van der Waals surface area contributed by atoms with E-state index in [1.165, 1.54) is 0 Å². The van der Waals surface area contributed by atoms with Crippen LogP contribution in [0, 0.1) is 17.2 Å². The van der Waals surface area contributed by atoms with Crippen LogP contribution in [0.25, 0.3) is 0 Å². The fraction of sp³-hybridized carbons (Fsp3) is 0.722. The molecule has 1 saturated heterocycles. The second kappa shape index (κ2) is 10.7. The highest BCUT2D eigenvalue weighted by molar-refractivity contribution is 5.97. The van der Waals surface area contributed by atoms with Gasteiger partial charge in [-0.15, -0.1) is 0 Å². The van der Waals surface area contributed by atoms with E-state index in [4.69, 9.17) is 5.11 Å². The number of likely N-dealkylation sites (tertiary alicyclic amines) is 1. The average molecular weight is 335 g/mol. The quantitative estimate of drug-likeness (QED) is 0.517. The number of carbonyl (C=O) groups excluding carboxylic acids is 1. The van der Waals surface area contributed by atoms with Gasteiger partial charge in [0.25, 0.3) is 5.91 Å². The normalized spacial score (nSPS) is 15.9. The van der Waals surface area contributed by atoms with E-state index in [9.17, 15) is 14.9 Å². The van der Waals surface area contributed by atoms with Crippen molar-refractivity contribution >= 4 is 11.9 Å². The average Bonchev–Trinajstić information content (AvgIpc) is 2.60. The van der Waals surface area contributed by atoms with Crippen molar-refractivity contribution in [2.24, 2.45) is 5.92 Å². The first-order valence-corrected chi connectivity index (χ1v) is 8.91. The van der Waals surface area contributed by atoms with E-state index in [0.717, 1.165) is 38.8 Å². The van der Waals surface area contributed by atoms with Crippen LogP contribution in [-0.2, 0) is 9.59 Å². The fourth-order valence-corrected chi connectivity index (χ4v) is 2.78. The molecule has 0 bridgehead atoms. The van der Waals surface area contributed by atoms with Gasteiger partial charge in [-0.05, 0) is 25.7 Å². The summed E-state index contributed by atoms with van der Waals surface area (Å²) in [5.41, 5.74) is 0.149. The summed E-state index contributed by atoms with van der Waals surface area (Å²) in [7, 11) is 0. The van der Waals surface area contributed by atoms with Crippen molar-refractivity contribution in [2.75, 3.05) is 26.2 Å². The van der Waals surface area contributed by atoms with E-state index in [0.29, 0.717) is 25.9 Å². The van der Waals surface area contributed by atoms with Crippen LogP contribution in [0.2, 0.25) is 0 Å². The van der Waals surface area contributed by atoms with Gasteiger partial charge in [-0.2, -0.15) is 5.26 Å². The predicted molar refractivity (Wildman–Crippen MR) is 92.0 cm³/mol. The van der Waals surface area contributed by atoms with Crippen LogP contribution < -0.4 is 0 Å². The summed E-state index contributed by atoms with van der Waals surface area (Å²) in [4.78, 5) is 27.2. The monoisotopic (exact) mass is 335 g/mol. The van der Waals surface area contributed by atoms with Crippen LogP contribution in [0.15, 0.2) is 11.8 Å². The number of unbranched alkanes of at least 4 members (excludes halogenated alkanes) is 2. The Kier molecular flexibility index (Phi) is 8.92. The molecule has 0 aromatic carbocycles. The van der Waals surface area contributed by atoms with Gasteiger partial charge in [0.05, 0.1) is 5.92 Å². The van der Waals surface area contributed by atoms with Gasteiger partial charge >= 0.3 is 5.97 Å². The highest BCUT2D eigenvalue weighted by Gasteiger charge is 2.28. The molecular weight excluding hydrogens is 306 g/mol. The number of carbonyl (C=O) groups is 2. The molecule has 1 heterocycles. The molecule has 1 amide bonds. The number of hydrogen-bond acceptors (Lipinski definition) is 4. The molecule has 1 fully saturated rings. The summed E-state index contributed by atoms with van der Waals surface area (Å²) in [6, 6.07) is 2.03. The molecular formula is C18H29N3O3. The SMILES string of the molecule is CCCCN(/C=C(/C#N)C(=O)N1CCC(C(=O)O)CC1)CCCC. The first-order valence-electron chi connectivity index (χ1n) is 8.91. The minimum Gasteiger partial charge on any atom is -0.481 e. The number of nitrogens with zero attached hydrogens (tertiary/aromatic N) is 3. The third-order valence-electron chi connectivity index (χ3n) is 4.39. The maximum Gasteiger partial charge on any atom is 0.306 e. The summed E-state index contributed by atoms with van der Waals surface area (Å²) in [6.45, 7) is 6.72. The summed E-state index contributed by atoms with van der Waals surface area (Å²) < 4.78 is 0. The van der Waals surface area contributed by atoms with E-state index in [1.54, 1.807) is 11.1 Å². The Hall–Kier alpha value is -2.03. The van der Waals surface area contributed by atoms with Crippen molar-refractivity contribution in [3.63, 3.8) is 0 Å². The van der Waals surface area contributed by atoms with Gasteiger partial charge in [-0.3, -0.25) is 9.59 Å². The van der Waals surface area contributed by atoms with Gasteiger partial charge in [0.2, 0.25) is 0 Å². The number of carboxylic acid groups (broad SMARTS) is 1. The number of carboxylic acids is 1. The molecule has 1 N–H and O–H groups in total. The number of amides is 1. The lowest BCUT2D eigenvalue weighted by molar-refractivity contribution is -0.145. The second-order valence-electron chi connectivity index (χ2n) is 6.30. The van der Waals surface area contributed by atoms with Gasteiger partial charge in [0, 0.05) is 32.4 Å². The van der Waals surface area contributed by atoms with Gasteiger partial charge in [-0.25, -0.2) is 0 Å². The van der Waals surface area contributed by atoms with Gasteiger partial charge in [0.1, 0.15) is 11.6 Å². The minimum atomic E-state index is -0.802. The Balaban J connectivity index is 2.72. The number of piperidine rings is 1. The summed E-state index contributed by atoms with van der Waals surface area (Å²) in [6.07, 6.45) is 6.78. The maximum absolute atomic E-state index is 12.5. The Morgan fingerprint density at radius 2 is 1.75 bits per heavy atom. The molecule has 24 heavy (non-hydrogen) atoms. The lowest BCUT2D eigenvalue weighted by Gasteiger charge is -2.30. The summed E-state index contributed by atoms with van der Waals surface area (Å²) >= 11 is 0. The van der Waals surface area contributed by atoms with Crippen molar-refractivity contribution in [2.45, 2.75) is 52.4 Å². The molecule has 0 aromatic heterocycles. The topological polar surface area (TPSA) is 84.6 Å². The van der Waals surface area contributed by atoms with Crippen molar-refractivity contribution in [3.05, 3.63) is 11.8 Å². The zero-order valence-corrected chi connectivity index (χ0v) is 14.8. The lowest BCUT2D eigenvalue weighted by atomic mass is 9.97. The molecule has 0 atom stereocenters. The van der Waals surface area contributed by atoms with Crippen LogP contribution in [0.4, 0.5) is 0 Å². The highest BCUT2D eigenvalue weighted by atomic mass is 16.4. The largest absolute Gasteiger partial charge is 0.481 e. The molecule has 0 aliphatic carbocycles. The molecule has 1 rings (SSSR count). The minimum absolute atomic E-state index is 0.149. The molecule has 0 radical (unpaired) electrons. The molecule has 0 saturated carbocycles. The maximum atomic E-state index is 12.5. The van der Waals surface area contributed by atoms with E-state index in [2.05, 4.69) is 18.7 Å². The summed E-state index contributed by atoms with van der Waals surface area (Å²) in [5, 5.41) is 18.4. The number of aliphatic carboxylic acids is 1. The Morgan fingerprint density at radius 3 is 2.17 bits per heavy atom. The van der Waals surface area contributed by atoms with E-state index in [-0.39, 0.29) is 17.4 Å². The molecule has 6 nitrogen and oxygen atoms in total. The van der Waals surface area contributed by atoms with Crippen molar-refractivity contribution in [1.29, 1.82) is 5.26 Å². The zero-order chi connectivity index (χ0) is 17.9. The Morgan fingerprint density at radius 1 is 1.21 bits per heavy atom. The smallest absolute Gasteiger partial charge is 0.306 e. The molecule has 1 aliphatic heterocycles. The first kappa shape index (κ1) is 20.0. The highest BCUT2D eigenvalue weighted by Crippen LogP contribution is 2.19. The second-order valence-corrected chi connectivity index (χ2v) is 6.30. The Bertz CT molecular complexity index is 480. The predicted octanol–water partition coefficient (Wildman–Crippen LogP) is 2.62. The van der Waals surface area contributed by atoms with Crippen LogP contribution in [-0.4, -0.2) is 53.0 Å². The number of hydrogen-bond donors (Lipinski definition) is 1. The molecule has 0 spiro atoms. The van der Waals surface area contributed by atoms with Gasteiger partial charge in [-0.1, -0.05) is 26.7 Å². The van der Waals surface area contributed by atoms with Gasteiger partial charge < -0.3 is 14.9 Å². The standard InChI is InChI=1S/C18H29N3O3/c1-3-5-9-20(10-6-4-2)14-16(13-19)17(22)21-11-7-15(8-12-21)18(23)24/h14-15H,3-12H2,1-2H3,(H,23,24)/b16-14-. The summed E-state index contributed by atoms with van der Waals surface area (Å²) in [5.74, 6) is -1.46. The van der Waals surface area contributed by atoms with E-state index < -0.39 is 5.97 Å². The molecule has 6 heteroatoms. The first-order chi connectivity index (χ1) is 11.5. The third-order valence-corrected chi connectivity index (χ3v) is 4.39. The third kappa shape index (κ3) is 6.23. The molecule has 134 valence electrons. The molecule has 0 aromatic rings. The van der Waals surface area contributed by atoms with E-state index >= 15 is 0 Å². The van der Waals surface area contributed by atoms with Crippen LogP contribution >= 0.6 is 0 Å². The lowest BCUT2D eigenvalue weighted by Crippen LogP contribution is -2.41. The van der Waals surface area contributed by atoms with Crippen LogP contribution in [0.5, 0.6) is 0 Å². The number of rotatable bonds is 9.